The second-order valence-corrected chi connectivity index (χ2v) is 17.4. The number of benzene rings is 3. The highest BCUT2D eigenvalue weighted by atomic mass is 35.5. The molecule has 6 aliphatic rings. The van der Waals surface area contributed by atoms with Crippen molar-refractivity contribution in [3.8, 4) is 0 Å². The number of piperidine rings is 2. The number of rotatable bonds is 6. The quantitative estimate of drug-likeness (QED) is 0.259. The fourth-order valence-corrected chi connectivity index (χ4v) is 10.5. The molecule has 13 nitrogen and oxygen atoms in total. The first-order valence-corrected chi connectivity index (χ1v) is 20.9. The summed E-state index contributed by atoms with van der Waals surface area (Å²) in [6.45, 7) is 16.1. The minimum atomic E-state index is -1.11. The maximum atomic E-state index is 15.5. The SMILES string of the molecule is [C-]#[N+]c1ccc(N2CC3(CCN(c4ccc(C(=O)N5CCN([C@@H]6CCN(c7cc8c(cc7F)C(=O)N(C7CCC(=O)NC7=O)C8=O)C6)CC5)cc4)CC3)C[C@@H]2C)cc1Cl. The van der Waals surface area contributed by atoms with Crippen molar-refractivity contribution in [1.29, 1.82) is 0 Å². The standard InChI is InChI=1S/C44H46ClFN8O5/c1-27-24-44(26-53(27)30-7-8-36(47-2)34(45)21-30)12-15-49(16-13-44)29-5-3-28(4-6-29)41(57)51-19-17-50(18-20-51)31-11-14-52(25-31)38-23-33-32(22-35(38)46)42(58)54(43(33)59)37-9-10-39(55)48-40(37)56/h3-8,21-23,27,31,37H,9-20,24-26H2,1H3,(H,48,55,56)/t27-,31+,37?/m0/s1. The zero-order valence-corrected chi connectivity index (χ0v) is 33.7. The Bertz CT molecular complexity index is 2280. The number of imide groups is 2. The molecular weight excluding hydrogens is 775 g/mol. The molecule has 0 saturated carbocycles. The number of carbonyl (C=O) groups is 5. The Kier molecular flexibility index (Phi) is 10.1. The van der Waals surface area contributed by atoms with E-state index in [9.17, 15) is 24.0 Å². The largest absolute Gasteiger partial charge is 0.371 e. The molecule has 1 unspecified atom stereocenters. The van der Waals surface area contributed by atoms with Gasteiger partial charge in [0, 0.05) is 99.4 Å². The zero-order chi connectivity index (χ0) is 41.2. The molecule has 6 heterocycles. The first kappa shape index (κ1) is 39.0. The van der Waals surface area contributed by atoms with Gasteiger partial charge in [-0.15, -0.1) is 0 Å². The van der Waals surface area contributed by atoms with E-state index in [1.165, 1.54) is 6.07 Å². The summed E-state index contributed by atoms with van der Waals surface area (Å²) < 4.78 is 15.5. The fourth-order valence-electron chi connectivity index (χ4n) is 10.3. The van der Waals surface area contributed by atoms with Crippen LogP contribution in [0, 0.1) is 17.8 Å². The van der Waals surface area contributed by atoms with Crippen molar-refractivity contribution in [2.75, 3.05) is 73.6 Å². The van der Waals surface area contributed by atoms with Gasteiger partial charge in [0.15, 0.2) is 0 Å². The number of anilines is 3. The monoisotopic (exact) mass is 820 g/mol. The van der Waals surface area contributed by atoms with Gasteiger partial charge in [0.05, 0.1) is 23.4 Å². The van der Waals surface area contributed by atoms with Gasteiger partial charge in [-0.05, 0) is 93.0 Å². The van der Waals surface area contributed by atoms with Crippen LogP contribution in [0.4, 0.5) is 27.1 Å². The molecule has 3 aromatic rings. The van der Waals surface area contributed by atoms with Gasteiger partial charge < -0.3 is 19.6 Å². The van der Waals surface area contributed by atoms with Gasteiger partial charge in [-0.2, -0.15) is 0 Å². The average Bonchev–Trinajstić information content (AvgIpc) is 3.92. The first-order valence-electron chi connectivity index (χ1n) is 20.5. The van der Waals surface area contributed by atoms with Crippen LogP contribution < -0.4 is 20.0 Å². The van der Waals surface area contributed by atoms with E-state index < -0.39 is 35.5 Å². The molecule has 3 atom stereocenters. The lowest BCUT2D eigenvalue weighted by Gasteiger charge is -2.40. The number of hydrogen-bond acceptors (Lipinski definition) is 9. The molecule has 5 fully saturated rings. The predicted octanol–water partition coefficient (Wildman–Crippen LogP) is 5.35. The van der Waals surface area contributed by atoms with Crippen molar-refractivity contribution in [2.24, 2.45) is 5.41 Å². The maximum absolute atomic E-state index is 15.5. The van der Waals surface area contributed by atoms with Crippen molar-refractivity contribution in [3.05, 3.63) is 93.5 Å². The summed E-state index contributed by atoms with van der Waals surface area (Å²) in [6, 6.07) is 15.7. The molecule has 5 amide bonds. The normalized spacial score (nSPS) is 24.6. The van der Waals surface area contributed by atoms with Crippen LogP contribution in [0.1, 0.15) is 76.5 Å². The summed E-state index contributed by atoms with van der Waals surface area (Å²) in [5.74, 6) is -3.15. The van der Waals surface area contributed by atoms with E-state index in [4.69, 9.17) is 18.2 Å². The molecule has 5 saturated heterocycles. The third kappa shape index (κ3) is 7.08. The molecule has 0 radical (unpaired) electrons. The highest BCUT2D eigenvalue weighted by molar-refractivity contribution is 6.33. The Labute approximate surface area is 347 Å². The van der Waals surface area contributed by atoms with Crippen LogP contribution in [-0.2, 0) is 9.59 Å². The molecule has 59 heavy (non-hydrogen) atoms. The molecule has 6 aliphatic heterocycles. The number of halogens is 2. The molecule has 306 valence electrons. The van der Waals surface area contributed by atoms with Crippen LogP contribution in [0.5, 0.6) is 0 Å². The summed E-state index contributed by atoms with van der Waals surface area (Å²) in [7, 11) is 0. The van der Waals surface area contributed by atoms with E-state index in [0.29, 0.717) is 61.6 Å². The van der Waals surface area contributed by atoms with E-state index in [-0.39, 0.29) is 47.0 Å². The minimum Gasteiger partial charge on any atom is -0.371 e. The van der Waals surface area contributed by atoms with Gasteiger partial charge >= 0.3 is 0 Å². The summed E-state index contributed by atoms with van der Waals surface area (Å²) in [6.07, 6.45) is 4.11. The van der Waals surface area contributed by atoms with Crippen molar-refractivity contribution in [3.63, 3.8) is 0 Å². The van der Waals surface area contributed by atoms with Crippen molar-refractivity contribution in [2.45, 2.75) is 63.6 Å². The third-order valence-electron chi connectivity index (χ3n) is 13.6. The molecule has 9 rings (SSSR count). The predicted molar refractivity (Wildman–Crippen MR) is 221 cm³/mol. The van der Waals surface area contributed by atoms with Crippen LogP contribution >= 0.6 is 11.6 Å². The van der Waals surface area contributed by atoms with Crippen LogP contribution in [-0.4, -0.2) is 121 Å². The number of nitrogens with zero attached hydrogens (tertiary/aromatic N) is 7. The Balaban J connectivity index is 0.763. The molecule has 1 N–H and O–H groups in total. The third-order valence-corrected chi connectivity index (χ3v) is 13.9. The van der Waals surface area contributed by atoms with E-state index >= 15 is 4.39 Å². The van der Waals surface area contributed by atoms with Gasteiger partial charge in [0.25, 0.3) is 17.7 Å². The topological polar surface area (TPSA) is 121 Å². The molecule has 0 bridgehead atoms. The van der Waals surface area contributed by atoms with Crippen LogP contribution in [0.15, 0.2) is 54.6 Å². The van der Waals surface area contributed by atoms with Crippen LogP contribution in [0.25, 0.3) is 4.85 Å². The number of hydrogen-bond donors (Lipinski definition) is 1. The van der Waals surface area contributed by atoms with Crippen LogP contribution in [0.2, 0.25) is 5.02 Å². The Hall–Kier alpha value is -5.52. The maximum Gasteiger partial charge on any atom is 0.262 e. The minimum absolute atomic E-state index is 0.00969. The Morgan fingerprint density at radius 2 is 1.56 bits per heavy atom. The first-order chi connectivity index (χ1) is 28.4. The van der Waals surface area contributed by atoms with E-state index in [1.807, 2.05) is 40.1 Å². The summed E-state index contributed by atoms with van der Waals surface area (Å²) in [5.41, 5.74) is 3.81. The number of nitrogens with one attached hydrogen (secondary N) is 1. The molecule has 15 heteroatoms. The van der Waals surface area contributed by atoms with Gasteiger partial charge in [-0.3, -0.25) is 39.1 Å². The molecule has 3 aromatic carbocycles. The Morgan fingerprint density at radius 3 is 2.24 bits per heavy atom. The van der Waals surface area contributed by atoms with E-state index in [0.717, 1.165) is 67.7 Å². The Morgan fingerprint density at radius 1 is 0.864 bits per heavy atom. The van der Waals surface area contributed by atoms with Crippen LogP contribution in [0.3, 0.4) is 0 Å². The molecule has 1 spiro atoms. The van der Waals surface area contributed by atoms with Crippen molar-refractivity contribution >= 4 is 63.9 Å². The highest BCUT2D eigenvalue weighted by Gasteiger charge is 2.46. The van der Waals surface area contributed by atoms with E-state index in [1.54, 1.807) is 0 Å². The molecule has 0 aliphatic carbocycles. The lowest BCUT2D eigenvalue weighted by molar-refractivity contribution is -0.136. The second-order valence-electron chi connectivity index (χ2n) is 17.0. The zero-order valence-electron chi connectivity index (χ0n) is 33.0. The van der Waals surface area contributed by atoms with Crippen molar-refractivity contribution in [1.82, 2.24) is 20.0 Å². The second kappa shape index (κ2) is 15.3. The smallest absolute Gasteiger partial charge is 0.262 e. The highest BCUT2D eigenvalue weighted by Crippen LogP contribution is 2.46. The van der Waals surface area contributed by atoms with Gasteiger partial charge in [-0.1, -0.05) is 17.7 Å². The van der Waals surface area contributed by atoms with Crippen molar-refractivity contribution < 1.29 is 28.4 Å². The lowest BCUT2D eigenvalue weighted by Crippen LogP contribution is -2.54. The summed E-state index contributed by atoms with van der Waals surface area (Å²) in [4.78, 5) is 79.6. The number of carbonyl (C=O) groups excluding carboxylic acids is 5. The lowest BCUT2D eigenvalue weighted by atomic mass is 9.76. The fraction of sp³-hybridized carbons (Fsp3) is 0.455. The van der Waals surface area contributed by atoms with Gasteiger partial charge in [0.2, 0.25) is 17.5 Å². The number of amides is 5. The average molecular weight is 821 g/mol. The number of fused-ring (bicyclic) bond motifs is 1. The summed E-state index contributed by atoms with van der Waals surface area (Å²) in [5, 5.41) is 2.68. The van der Waals surface area contributed by atoms with Gasteiger partial charge in [-0.25, -0.2) is 9.24 Å². The van der Waals surface area contributed by atoms with E-state index in [2.05, 4.69) is 43.9 Å². The number of piperazine rings is 1. The molecular formula is C44H46ClFN8O5. The van der Waals surface area contributed by atoms with Gasteiger partial charge in [0.1, 0.15) is 11.9 Å². The summed E-state index contributed by atoms with van der Waals surface area (Å²) >= 11 is 6.38. The molecule has 0 aromatic heterocycles.